The van der Waals surface area contributed by atoms with Crippen molar-refractivity contribution >= 4 is 11.4 Å². The van der Waals surface area contributed by atoms with Crippen LogP contribution in [0.3, 0.4) is 0 Å². The molecule has 0 aromatic heterocycles. The molecule has 0 aliphatic carbocycles. The van der Waals surface area contributed by atoms with Crippen molar-refractivity contribution in [1.29, 1.82) is 0 Å². The molecule has 1 atom stereocenters. The summed E-state index contributed by atoms with van der Waals surface area (Å²) in [5, 5.41) is 13.3. The number of nitrogens with zero attached hydrogens (tertiary/aromatic N) is 1. The van der Waals surface area contributed by atoms with Gasteiger partial charge in [0, 0.05) is 36.0 Å². The SMILES string of the molecule is CC(CN)Nc1ccc([N+](=O)[O-])cc1C(F)F. The monoisotopic (exact) mass is 245 g/mol. The molecular formula is C10H13F2N3O2. The van der Waals surface area contributed by atoms with Gasteiger partial charge in [-0.2, -0.15) is 0 Å². The zero-order valence-corrected chi connectivity index (χ0v) is 9.19. The van der Waals surface area contributed by atoms with Crippen LogP contribution in [0.1, 0.15) is 18.9 Å². The minimum Gasteiger partial charge on any atom is -0.381 e. The molecule has 7 heteroatoms. The number of anilines is 1. The molecule has 1 aromatic carbocycles. The van der Waals surface area contributed by atoms with Crippen LogP contribution in [0, 0.1) is 10.1 Å². The van der Waals surface area contributed by atoms with Crippen molar-refractivity contribution in [3.05, 3.63) is 33.9 Å². The molecule has 0 saturated carbocycles. The van der Waals surface area contributed by atoms with Crippen LogP contribution in [0.15, 0.2) is 18.2 Å². The average Bonchev–Trinajstić information content (AvgIpc) is 2.28. The Bertz CT molecular complexity index is 413. The van der Waals surface area contributed by atoms with E-state index in [0.29, 0.717) is 0 Å². The molecule has 0 amide bonds. The molecule has 0 heterocycles. The van der Waals surface area contributed by atoms with E-state index in [0.717, 1.165) is 6.07 Å². The first kappa shape index (κ1) is 13.3. The number of halogens is 2. The topological polar surface area (TPSA) is 81.2 Å². The molecule has 0 aliphatic heterocycles. The van der Waals surface area contributed by atoms with Crippen molar-refractivity contribution < 1.29 is 13.7 Å². The summed E-state index contributed by atoms with van der Waals surface area (Å²) in [6, 6.07) is 3.13. The molecule has 17 heavy (non-hydrogen) atoms. The minimum atomic E-state index is -2.78. The van der Waals surface area contributed by atoms with Crippen LogP contribution in [-0.4, -0.2) is 17.5 Å². The Hall–Kier alpha value is -1.76. The number of hydrogen-bond donors (Lipinski definition) is 2. The first-order valence-electron chi connectivity index (χ1n) is 4.98. The van der Waals surface area contributed by atoms with E-state index < -0.39 is 11.3 Å². The van der Waals surface area contributed by atoms with E-state index in [1.54, 1.807) is 6.92 Å². The molecule has 0 saturated heterocycles. The van der Waals surface area contributed by atoms with Gasteiger partial charge in [0.1, 0.15) is 0 Å². The Kier molecular flexibility index (Phi) is 4.33. The summed E-state index contributed by atoms with van der Waals surface area (Å²) in [5.74, 6) is 0. The molecule has 5 nitrogen and oxygen atoms in total. The highest BCUT2D eigenvalue weighted by Crippen LogP contribution is 2.30. The number of nitrogens with two attached hydrogens (primary N) is 1. The lowest BCUT2D eigenvalue weighted by atomic mass is 10.1. The second-order valence-electron chi connectivity index (χ2n) is 3.61. The summed E-state index contributed by atoms with van der Waals surface area (Å²) in [6.45, 7) is 2.01. The molecule has 3 N–H and O–H groups in total. The summed E-state index contributed by atoms with van der Waals surface area (Å²) >= 11 is 0. The summed E-state index contributed by atoms with van der Waals surface area (Å²) in [6.07, 6.45) is -2.78. The summed E-state index contributed by atoms with van der Waals surface area (Å²) in [4.78, 5) is 9.78. The van der Waals surface area contributed by atoms with Crippen molar-refractivity contribution in [3.8, 4) is 0 Å². The predicted octanol–water partition coefficient (Wildman–Crippen LogP) is 2.29. The molecular weight excluding hydrogens is 232 g/mol. The van der Waals surface area contributed by atoms with Crippen molar-refractivity contribution in [1.82, 2.24) is 0 Å². The maximum Gasteiger partial charge on any atom is 0.270 e. The number of benzene rings is 1. The second kappa shape index (κ2) is 5.53. The van der Waals surface area contributed by atoms with Crippen LogP contribution < -0.4 is 11.1 Å². The van der Waals surface area contributed by atoms with Gasteiger partial charge in [-0.3, -0.25) is 10.1 Å². The first-order valence-corrected chi connectivity index (χ1v) is 4.98. The van der Waals surface area contributed by atoms with Gasteiger partial charge in [0.2, 0.25) is 0 Å². The lowest BCUT2D eigenvalue weighted by Crippen LogP contribution is -2.25. The van der Waals surface area contributed by atoms with Crippen LogP contribution in [0.2, 0.25) is 0 Å². The highest BCUT2D eigenvalue weighted by molar-refractivity contribution is 5.57. The molecule has 0 bridgehead atoms. The average molecular weight is 245 g/mol. The lowest BCUT2D eigenvalue weighted by Gasteiger charge is -2.16. The van der Waals surface area contributed by atoms with Gasteiger partial charge in [-0.15, -0.1) is 0 Å². The smallest absolute Gasteiger partial charge is 0.270 e. The van der Waals surface area contributed by atoms with E-state index in [2.05, 4.69) is 5.32 Å². The van der Waals surface area contributed by atoms with E-state index in [1.165, 1.54) is 12.1 Å². The van der Waals surface area contributed by atoms with Gasteiger partial charge in [-0.05, 0) is 13.0 Å². The minimum absolute atomic E-state index is 0.170. The fraction of sp³-hybridized carbons (Fsp3) is 0.400. The van der Waals surface area contributed by atoms with Crippen molar-refractivity contribution in [2.75, 3.05) is 11.9 Å². The fourth-order valence-corrected chi connectivity index (χ4v) is 1.30. The van der Waals surface area contributed by atoms with E-state index in [9.17, 15) is 18.9 Å². The number of rotatable bonds is 5. The number of hydrogen-bond acceptors (Lipinski definition) is 4. The van der Waals surface area contributed by atoms with Gasteiger partial charge in [0.05, 0.1) is 4.92 Å². The van der Waals surface area contributed by atoms with Crippen LogP contribution in [-0.2, 0) is 0 Å². The Morgan fingerprint density at radius 1 is 1.53 bits per heavy atom. The predicted molar refractivity (Wildman–Crippen MR) is 60.2 cm³/mol. The molecule has 0 spiro atoms. The van der Waals surface area contributed by atoms with Crippen LogP contribution in [0.5, 0.6) is 0 Å². The first-order chi connectivity index (χ1) is 7.95. The molecule has 1 rings (SSSR count). The number of nitro benzene ring substituents is 1. The largest absolute Gasteiger partial charge is 0.381 e. The van der Waals surface area contributed by atoms with E-state index >= 15 is 0 Å². The molecule has 0 aliphatic rings. The lowest BCUT2D eigenvalue weighted by molar-refractivity contribution is -0.385. The fourth-order valence-electron chi connectivity index (χ4n) is 1.30. The summed E-state index contributed by atoms with van der Waals surface area (Å²) < 4.78 is 25.5. The highest BCUT2D eigenvalue weighted by Gasteiger charge is 2.18. The summed E-state index contributed by atoms with van der Waals surface area (Å²) in [7, 11) is 0. The quantitative estimate of drug-likeness (QED) is 0.616. The summed E-state index contributed by atoms with van der Waals surface area (Å²) in [5.41, 5.74) is 4.79. The second-order valence-corrected chi connectivity index (χ2v) is 3.61. The maximum atomic E-state index is 12.7. The van der Waals surface area contributed by atoms with Crippen molar-refractivity contribution in [2.24, 2.45) is 5.73 Å². The van der Waals surface area contributed by atoms with Gasteiger partial charge in [0.15, 0.2) is 0 Å². The third kappa shape index (κ3) is 3.35. The Morgan fingerprint density at radius 2 is 2.18 bits per heavy atom. The van der Waals surface area contributed by atoms with Gasteiger partial charge < -0.3 is 11.1 Å². The van der Waals surface area contributed by atoms with Crippen LogP contribution in [0.25, 0.3) is 0 Å². The third-order valence-electron chi connectivity index (χ3n) is 2.24. The van der Waals surface area contributed by atoms with E-state index in [4.69, 9.17) is 5.73 Å². The molecule has 1 unspecified atom stereocenters. The normalized spacial score (nSPS) is 12.5. The van der Waals surface area contributed by atoms with Crippen molar-refractivity contribution in [3.63, 3.8) is 0 Å². The molecule has 0 fully saturated rings. The van der Waals surface area contributed by atoms with Gasteiger partial charge in [0.25, 0.3) is 12.1 Å². The number of nitrogens with one attached hydrogen (secondary N) is 1. The van der Waals surface area contributed by atoms with E-state index in [-0.39, 0.29) is 29.5 Å². The van der Waals surface area contributed by atoms with Gasteiger partial charge in [-0.1, -0.05) is 0 Å². The standard InChI is InChI=1S/C10H13F2N3O2/c1-6(5-13)14-9-3-2-7(15(16)17)4-8(9)10(11)12/h2-4,6,10,14H,5,13H2,1H3. The Morgan fingerprint density at radius 3 is 2.65 bits per heavy atom. The zero-order valence-electron chi connectivity index (χ0n) is 9.19. The van der Waals surface area contributed by atoms with Crippen LogP contribution in [0.4, 0.5) is 20.2 Å². The maximum absolute atomic E-state index is 12.7. The van der Waals surface area contributed by atoms with Crippen molar-refractivity contribution in [2.45, 2.75) is 19.4 Å². The van der Waals surface area contributed by atoms with Crippen LogP contribution >= 0.6 is 0 Å². The van der Waals surface area contributed by atoms with E-state index in [1.807, 2.05) is 0 Å². The zero-order chi connectivity index (χ0) is 13.0. The number of nitro groups is 1. The van der Waals surface area contributed by atoms with Gasteiger partial charge in [-0.25, -0.2) is 8.78 Å². The molecule has 1 aromatic rings. The Labute approximate surface area is 96.8 Å². The number of alkyl halides is 2. The molecule has 94 valence electrons. The molecule has 0 radical (unpaired) electrons. The van der Waals surface area contributed by atoms with Gasteiger partial charge >= 0.3 is 0 Å². The Balaban J connectivity index is 3.08. The third-order valence-corrected chi connectivity index (χ3v) is 2.24. The number of non-ortho nitro benzene ring substituents is 1. The highest BCUT2D eigenvalue weighted by atomic mass is 19.3.